The molecule has 0 bridgehead atoms. The van der Waals surface area contributed by atoms with Crippen molar-refractivity contribution >= 4 is 79.0 Å². The van der Waals surface area contributed by atoms with Gasteiger partial charge in [0.15, 0.2) is 23.3 Å². The highest BCUT2D eigenvalue weighted by Gasteiger charge is 2.43. The van der Waals surface area contributed by atoms with Crippen LogP contribution in [0.15, 0.2) is 309 Å². The summed E-state index contributed by atoms with van der Waals surface area (Å²) in [7, 11) is 0. The zero-order chi connectivity index (χ0) is 58.1. The predicted octanol–water partition coefficient (Wildman–Crippen LogP) is 17.5. The van der Waals surface area contributed by atoms with Gasteiger partial charge in [0.2, 0.25) is 0 Å². The van der Waals surface area contributed by atoms with Crippen LogP contribution in [0.5, 0.6) is 0 Å². The molecule has 0 amide bonds. The van der Waals surface area contributed by atoms with Crippen molar-refractivity contribution in [3.63, 3.8) is 0 Å². The zero-order valence-corrected chi connectivity index (χ0v) is 47.6. The third-order valence-corrected chi connectivity index (χ3v) is 17.2. The normalized spacial score (nSPS) is 12.2. The van der Waals surface area contributed by atoms with Crippen molar-refractivity contribution in [1.29, 1.82) is 0 Å². The third-order valence-electron chi connectivity index (χ3n) is 17.2. The number of fused-ring (bicyclic) bond motifs is 7. The van der Waals surface area contributed by atoms with E-state index in [1.54, 1.807) is 0 Å². The number of anilines is 6. The van der Waals surface area contributed by atoms with Gasteiger partial charge in [-0.3, -0.25) is 0 Å². The van der Waals surface area contributed by atoms with Gasteiger partial charge in [0.25, 0.3) is 6.71 Å². The molecule has 0 N–H and O–H groups in total. The molecule has 0 atom stereocenters. The Kier molecular flexibility index (Phi) is 12.1. The first kappa shape index (κ1) is 50.7. The van der Waals surface area contributed by atoms with Crippen molar-refractivity contribution in [1.82, 2.24) is 29.5 Å². The summed E-state index contributed by atoms with van der Waals surface area (Å²) in [6, 6.07) is 110. The molecule has 0 fully saturated rings. The first-order valence-electron chi connectivity index (χ1n) is 29.8. The van der Waals surface area contributed by atoms with Gasteiger partial charge >= 0.3 is 0 Å². The lowest BCUT2D eigenvalue weighted by Gasteiger charge is -2.44. The van der Waals surface area contributed by atoms with Crippen LogP contribution >= 0.6 is 0 Å². The van der Waals surface area contributed by atoms with E-state index in [0.29, 0.717) is 23.3 Å². The van der Waals surface area contributed by atoms with E-state index >= 15 is 0 Å². The molecule has 8 nitrogen and oxygen atoms in total. The molecule has 12 aromatic carbocycles. The minimum atomic E-state index is -0.00175. The van der Waals surface area contributed by atoms with Gasteiger partial charge in [0, 0.05) is 78.3 Å². The minimum absolute atomic E-state index is 0.00175. The molecule has 2 aliphatic rings. The molecule has 0 aliphatic carbocycles. The average molecular weight is 1120 g/mol. The van der Waals surface area contributed by atoms with Gasteiger partial charge in [-0.05, 0) is 119 Å². The summed E-state index contributed by atoms with van der Waals surface area (Å²) in [6.07, 6.45) is 0. The Morgan fingerprint density at radius 3 is 1.23 bits per heavy atom. The molecule has 0 saturated heterocycles. The molecule has 17 rings (SSSR count). The number of benzene rings is 12. The van der Waals surface area contributed by atoms with Crippen molar-refractivity contribution < 1.29 is 0 Å². The third kappa shape index (κ3) is 8.58. The zero-order valence-electron chi connectivity index (χ0n) is 47.6. The lowest BCUT2D eigenvalue weighted by molar-refractivity contribution is 1.07. The van der Waals surface area contributed by atoms with Gasteiger partial charge in [0.1, 0.15) is 0 Å². The first-order chi connectivity index (χ1) is 43.6. The van der Waals surface area contributed by atoms with E-state index < -0.39 is 0 Å². The quantitative estimate of drug-likeness (QED) is 0.126. The van der Waals surface area contributed by atoms with E-state index in [9.17, 15) is 0 Å². The van der Waals surface area contributed by atoms with Gasteiger partial charge in [-0.25, -0.2) is 24.9 Å². The van der Waals surface area contributed by atoms with E-state index in [4.69, 9.17) is 24.9 Å². The summed E-state index contributed by atoms with van der Waals surface area (Å²) < 4.78 is 2.37. The van der Waals surface area contributed by atoms with Crippen LogP contribution in [-0.2, 0) is 0 Å². The van der Waals surface area contributed by atoms with Gasteiger partial charge in [-0.15, -0.1) is 0 Å². The number of rotatable bonds is 10. The van der Waals surface area contributed by atoms with Gasteiger partial charge < -0.3 is 14.4 Å². The van der Waals surface area contributed by atoms with Crippen LogP contribution in [0.2, 0.25) is 0 Å². The molecular weight excluding hydrogens is 1070 g/mol. The van der Waals surface area contributed by atoms with E-state index in [0.717, 1.165) is 118 Å². The summed E-state index contributed by atoms with van der Waals surface area (Å²) in [5, 5.41) is 2.32. The molecule has 3 aromatic heterocycles. The molecule has 0 saturated carbocycles. The van der Waals surface area contributed by atoms with Crippen LogP contribution in [0.3, 0.4) is 0 Å². The maximum atomic E-state index is 5.71. The monoisotopic (exact) mass is 1120 g/mol. The Morgan fingerprint density at radius 1 is 0.250 bits per heavy atom. The van der Waals surface area contributed by atoms with Crippen molar-refractivity contribution in [2.45, 2.75) is 0 Å². The van der Waals surface area contributed by atoms with Crippen molar-refractivity contribution in [2.75, 3.05) is 9.80 Å². The van der Waals surface area contributed by atoms with Gasteiger partial charge in [-0.1, -0.05) is 218 Å². The lowest BCUT2D eigenvalue weighted by Crippen LogP contribution is -2.61. The Bertz CT molecular complexity index is 4950. The summed E-state index contributed by atoms with van der Waals surface area (Å²) in [4.78, 5) is 31.7. The Hall–Kier alpha value is -11.8. The molecule has 0 spiro atoms. The predicted molar refractivity (Wildman–Crippen MR) is 362 cm³/mol. The SMILES string of the molecule is c1ccc(-c2cc(-c3cc(-c4nc(-c5ccccc5)nc(-c5ccccc5)n4)ccc3-n3c4ccccc4c4ccccc43)nc(-c3cccc(-c4cc5c6c(c4)N(c4ccccc4)c4ccccc4B6c4ccccc4N5c4ccccc4)c3)n2)cc1. The number of para-hydroxylation sites is 6. The lowest BCUT2D eigenvalue weighted by atomic mass is 9.33. The summed E-state index contributed by atoms with van der Waals surface area (Å²) in [6.45, 7) is -0.00175. The molecule has 0 radical (unpaired) electrons. The van der Waals surface area contributed by atoms with Crippen LogP contribution in [0, 0.1) is 0 Å². The fourth-order valence-electron chi connectivity index (χ4n) is 13.3. The highest BCUT2D eigenvalue weighted by molar-refractivity contribution is 7.00. The maximum Gasteiger partial charge on any atom is 0.252 e. The Labute approximate surface area is 509 Å². The molecule has 2 aliphatic heterocycles. The highest BCUT2D eigenvalue weighted by Crippen LogP contribution is 2.47. The van der Waals surface area contributed by atoms with Crippen molar-refractivity contribution in [2.24, 2.45) is 0 Å². The second kappa shape index (κ2) is 21.1. The van der Waals surface area contributed by atoms with Crippen molar-refractivity contribution in [3.8, 4) is 84.9 Å². The van der Waals surface area contributed by atoms with Crippen LogP contribution in [0.1, 0.15) is 0 Å². The highest BCUT2D eigenvalue weighted by atomic mass is 15.2. The Morgan fingerprint density at radius 2 is 0.670 bits per heavy atom. The van der Waals surface area contributed by atoms with Crippen LogP contribution < -0.4 is 26.2 Å². The molecule has 0 unspecified atom stereocenters. The summed E-state index contributed by atoms with van der Waals surface area (Å²) in [5.74, 6) is 2.32. The fourth-order valence-corrected chi connectivity index (χ4v) is 13.3. The fraction of sp³-hybridized carbons (Fsp3) is 0. The number of hydrogen-bond acceptors (Lipinski definition) is 7. The molecular formula is C79H51BN8. The first-order valence-corrected chi connectivity index (χ1v) is 29.8. The topological polar surface area (TPSA) is 75.9 Å². The Balaban J connectivity index is 0.890. The van der Waals surface area contributed by atoms with Crippen LogP contribution in [0.4, 0.5) is 34.1 Å². The largest absolute Gasteiger partial charge is 0.311 e. The molecule has 9 heteroatoms. The molecule has 5 heterocycles. The standard InChI is InChI=1S/C79H51BN8/c1-6-25-52(26-7-1)66-51-67(63-48-57(45-46-70(63)88-68-41-20-16-37-61(68)62-38-17-21-42-69(62)88)79-84-76(53-27-8-2-9-28-53)83-77(85-79)54-29-10-3-11-30-54)82-78(81-66)56-32-24-31-55(47-56)58-49-73-75-74(50-58)87(60-35-14-5-15-36-60)72-44-23-19-40-65(72)80(75)64-39-18-22-43-71(64)86(73)59-33-12-4-13-34-59/h1-51H. The van der Waals surface area contributed by atoms with Crippen LogP contribution in [-0.4, -0.2) is 36.2 Å². The molecule has 88 heavy (non-hydrogen) atoms. The van der Waals surface area contributed by atoms with E-state index in [-0.39, 0.29) is 6.71 Å². The number of hydrogen-bond donors (Lipinski definition) is 0. The maximum absolute atomic E-state index is 5.71. The smallest absolute Gasteiger partial charge is 0.252 e. The van der Waals surface area contributed by atoms with Crippen molar-refractivity contribution in [3.05, 3.63) is 309 Å². The van der Waals surface area contributed by atoms with E-state index in [1.165, 1.54) is 16.4 Å². The summed E-state index contributed by atoms with van der Waals surface area (Å²) >= 11 is 0. The number of aromatic nitrogens is 6. The number of nitrogens with zero attached hydrogens (tertiary/aromatic N) is 8. The average Bonchev–Trinajstić information content (AvgIpc) is 0.860. The van der Waals surface area contributed by atoms with E-state index in [1.807, 2.05) is 66.7 Å². The minimum Gasteiger partial charge on any atom is -0.311 e. The van der Waals surface area contributed by atoms with Gasteiger partial charge in [0.05, 0.1) is 28.1 Å². The van der Waals surface area contributed by atoms with Crippen LogP contribution in [0.25, 0.3) is 107 Å². The van der Waals surface area contributed by atoms with Gasteiger partial charge in [-0.2, -0.15) is 0 Å². The molecule has 15 aromatic rings. The second-order valence-electron chi connectivity index (χ2n) is 22.4. The van der Waals surface area contributed by atoms with E-state index in [2.05, 4.69) is 257 Å². The summed E-state index contributed by atoms with van der Waals surface area (Å²) in [5.41, 5.74) is 22.7. The second-order valence-corrected chi connectivity index (χ2v) is 22.4. The molecule has 410 valence electrons.